The van der Waals surface area contributed by atoms with Gasteiger partial charge >= 0.3 is 0 Å². The fourth-order valence-corrected chi connectivity index (χ4v) is 2.05. The first-order valence-corrected chi connectivity index (χ1v) is 6.57. The number of ether oxygens (including phenoxy) is 1. The van der Waals surface area contributed by atoms with Crippen molar-refractivity contribution in [3.63, 3.8) is 0 Å². The van der Waals surface area contributed by atoms with Gasteiger partial charge in [-0.15, -0.1) is 12.4 Å². The zero-order valence-corrected chi connectivity index (χ0v) is 13.4. The molecular formula is C15H25ClN2O2. The highest BCUT2D eigenvalue weighted by Crippen LogP contribution is 2.24. The van der Waals surface area contributed by atoms with Crippen LogP contribution in [0.1, 0.15) is 31.0 Å². The molecule has 0 bridgehead atoms. The molecule has 0 aliphatic heterocycles. The Morgan fingerprint density at radius 1 is 1.35 bits per heavy atom. The third-order valence-electron chi connectivity index (χ3n) is 3.17. The van der Waals surface area contributed by atoms with Gasteiger partial charge in [-0.3, -0.25) is 4.79 Å². The molecule has 3 N–H and O–H groups in total. The molecule has 0 saturated heterocycles. The van der Waals surface area contributed by atoms with Crippen LogP contribution in [0.5, 0.6) is 0 Å². The lowest BCUT2D eigenvalue weighted by Gasteiger charge is -2.26. The first kappa shape index (κ1) is 18.9. The maximum absolute atomic E-state index is 12.0. The number of methoxy groups -OCH3 is 1. The highest BCUT2D eigenvalue weighted by molar-refractivity contribution is 5.85. The number of amides is 1. The van der Waals surface area contributed by atoms with Crippen LogP contribution < -0.4 is 11.1 Å². The molecule has 1 rings (SSSR count). The predicted octanol–water partition coefficient (Wildman–Crippen LogP) is 2.20. The van der Waals surface area contributed by atoms with Gasteiger partial charge in [0.2, 0.25) is 5.91 Å². The van der Waals surface area contributed by atoms with Crippen LogP contribution in [0.2, 0.25) is 0 Å². The molecule has 0 radical (unpaired) electrons. The van der Waals surface area contributed by atoms with Gasteiger partial charge < -0.3 is 15.8 Å². The molecule has 0 aliphatic carbocycles. The van der Waals surface area contributed by atoms with Crippen LogP contribution in [-0.2, 0) is 9.53 Å². The van der Waals surface area contributed by atoms with Crippen LogP contribution in [0.3, 0.4) is 0 Å². The van der Waals surface area contributed by atoms with E-state index in [0.29, 0.717) is 5.92 Å². The summed E-state index contributed by atoms with van der Waals surface area (Å²) >= 11 is 0. The third-order valence-corrected chi connectivity index (χ3v) is 3.17. The van der Waals surface area contributed by atoms with Crippen molar-refractivity contribution in [2.45, 2.75) is 32.9 Å². The normalized spacial score (nSPS) is 13.5. The summed E-state index contributed by atoms with van der Waals surface area (Å²) in [6, 6.07) is 7.41. The van der Waals surface area contributed by atoms with Gasteiger partial charge in [-0.2, -0.15) is 0 Å². The molecule has 114 valence electrons. The smallest absolute Gasteiger partial charge is 0.239 e. The number of hydrogen-bond donors (Lipinski definition) is 2. The van der Waals surface area contributed by atoms with Crippen LogP contribution in [0.4, 0.5) is 0 Å². The summed E-state index contributed by atoms with van der Waals surface area (Å²) in [5, 5.41) is 3.01. The maximum Gasteiger partial charge on any atom is 0.239 e. The van der Waals surface area contributed by atoms with Crippen LogP contribution in [0.25, 0.3) is 0 Å². The van der Waals surface area contributed by atoms with Crippen LogP contribution in [-0.4, -0.2) is 25.7 Å². The number of aryl methyl sites for hydroxylation is 1. The van der Waals surface area contributed by atoms with Crippen molar-refractivity contribution in [2.75, 3.05) is 13.7 Å². The van der Waals surface area contributed by atoms with Gasteiger partial charge in [0, 0.05) is 7.11 Å². The standard InChI is InChI=1S/C15H24N2O2.ClH/c1-10(2)14(12-8-6-5-7-11(12)3)17-15(18)13(16)9-19-4;/h5-8,10,13-14H,9,16H2,1-4H3,(H,17,18);1H. The van der Waals surface area contributed by atoms with Crippen LogP contribution >= 0.6 is 12.4 Å². The zero-order chi connectivity index (χ0) is 14.4. The lowest BCUT2D eigenvalue weighted by molar-refractivity contribution is -0.124. The van der Waals surface area contributed by atoms with Gasteiger partial charge in [0.1, 0.15) is 6.04 Å². The number of carbonyl (C=O) groups is 1. The van der Waals surface area contributed by atoms with Crippen molar-refractivity contribution in [3.05, 3.63) is 35.4 Å². The Morgan fingerprint density at radius 2 is 1.95 bits per heavy atom. The number of hydrogen-bond acceptors (Lipinski definition) is 3. The van der Waals surface area contributed by atoms with E-state index in [2.05, 4.69) is 19.2 Å². The predicted molar refractivity (Wildman–Crippen MR) is 84.0 cm³/mol. The molecule has 0 spiro atoms. The number of nitrogens with one attached hydrogen (secondary N) is 1. The lowest BCUT2D eigenvalue weighted by atomic mass is 9.92. The molecule has 2 unspecified atom stereocenters. The molecule has 0 heterocycles. The van der Waals surface area contributed by atoms with Crippen molar-refractivity contribution in [3.8, 4) is 0 Å². The molecule has 5 heteroatoms. The minimum atomic E-state index is -0.629. The second-order valence-corrected chi connectivity index (χ2v) is 5.15. The van der Waals surface area contributed by atoms with E-state index in [1.807, 2.05) is 31.2 Å². The summed E-state index contributed by atoms with van der Waals surface area (Å²) in [6.07, 6.45) is 0. The van der Waals surface area contributed by atoms with Crippen molar-refractivity contribution in [1.29, 1.82) is 0 Å². The first-order chi connectivity index (χ1) is 8.97. The summed E-state index contributed by atoms with van der Waals surface area (Å²) in [7, 11) is 1.54. The molecule has 2 atom stereocenters. The monoisotopic (exact) mass is 300 g/mol. The highest BCUT2D eigenvalue weighted by atomic mass is 35.5. The quantitative estimate of drug-likeness (QED) is 0.846. The molecule has 0 aromatic heterocycles. The molecule has 0 saturated carbocycles. The van der Waals surface area contributed by atoms with E-state index >= 15 is 0 Å². The fraction of sp³-hybridized carbons (Fsp3) is 0.533. The second-order valence-electron chi connectivity index (χ2n) is 5.15. The highest BCUT2D eigenvalue weighted by Gasteiger charge is 2.22. The summed E-state index contributed by atoms with van der Waals surface area (Å²) in [5.41, 5.74) is 8.06. The number of carbonyl (C=O) groups excluding carboxylic acids is 1. The van der Waals surface area contributed by atoms with Crippen LogP contribution in [0.15, 0.2) is 24.3 Å². The Bertz CT molecular complexity index is 424. The van der Waals surface area contributed by atoms with E-state index in [-0.39, 0.29) is 31.0 Å². The molecule has 4 nitrogen and oxygen atoms in total. The van der Waals surface area contributed by atoms with Crippen LogP contribution in [0, 0.1) is 12.8 Å². The average Bonchev–Trinajstić information content (AvgIpc) is 2.36. The van der Waals surface area contributed by atoms with Crippen molar-refractivity contribution >= 4 is 18.3 Å². The van der Waals surface area contributed by atoms with E-state index < -0.39 is 6.04 Å². The van der Waals surface area contributed by atoms with Gasteiger partial charge in [0.05, 0.1) is 12.6 Å². The lowest BCUT2D eigenvalue weighted by Crippen LogP contribution is -2.45. The SMILES string of the molecule is COCC(N)C(=O)NC(c1ccccc1C)C(C)C.Cl. The molecule has 1 aromatic carbocycles. The Kier molecular flexibility index (Phi) is 8.46. The zero-order valence-electron chi connectivity index (χ0n) is 12.6. The van der Waals surface area contributed by atoms with Gasteiger partial charge in [0.15, 0.2) is 0 Å². The largest absolute Gasteiger partial charge is 0.383 e. The summed E-state index contributed by atoms with van der Waals surface area (Å²) in [5.74, 6) is 0.114. The molecule has 1 aromatic rings. The molecule has 0 fully saturated rings. The van der Waals surface area contributed by atoms with Gasteiger partial charge in [-0.05, 0) is 24.0 Å². The summed E-state index contributed by atoms with van der Waals surface area (Å²) in [6.45, 7) is 6.44. The Balaban J connectivity index is 0.00000361. The van der Waals surface area contributed by atoms with E-state index in [4.69, 9.17) is 10.5 Å². The Morgan fingerprint density at radius 3 is 2.45 bits per heavy atom. The summed E-state index contributed by atoms with van der Waals surface area (Å²) in [4.78, 5) is 12.0. The molecule has 0 aliphatic rings. The van der Waals surface area contributed by atoms with E-state index in [1.165, 1.54) is 12.7 Å². The van der Waals surface area contributed by atoms with E-state index in [0.717, 1.165) is 5.56 Å². The van der Waals surface area contributed by atoms with Gasteiger partial charge in [-0.25, -0.2) is 0 Å². The molecule has 1 amide bonds. The average molecular weight is 301 g/mol. The number of halogens is 1. The van der Waals surface area contributed by atoms with E-state index in [9.17, 15) is 4.79 Å². The maximum atomic E-state index is 12.0. The van der Waals surface area contributed by atoms with E-state index in [1.54, 1.807) is 0 Å². The number of rotatable bonds is 6. The number of nitrogens with two attached hydrogens (primary N) is 1. The van der Waals surface area contributed by atoms with Crippen molar-refractivity contribution in [2.24, 2.45) is 11.7 Å². The molecular weight excluding hydrogens is 276 g/mol. The topological polar surface area (TPSA) is 64.3 Å². The van der Waals surface area contributed by atoms with Crippen molar-refractivity contribution in [1.82, 2.24) is 5.32 Å². The second kappa shape index (κ2) is 8.95. The first-order valence-electron chi connectivity index (χ1n) is 6.57. The van der Waals surface area contributed by atoms with Crippen molar-refractivity contribution < 1.29 is 9.53 Å². The fourth-order valence-electron chi connectivity index (χ4n) is 2.05. The summed E-state index contributed by atoms with van der Waals surface area (Å²) < 4.78 is 4.91. The Hall–Kier alpha value is -1.10. The third kappa shape index (κ3) is 5.12. The minimum Gasteiger partial charge on any atom is -0.383 e. The van der Waals surface area contributed by atoms with Gasteiger partial charge in [-0.1, -0.05) is 38.1 Å². The molecule has 20 heavy (non-hydrogen) atoms. The number of benzene rings is 1. The van der Waals surface area contributed by atoms with Gasteiger partial charge in [0.25, 0.3) is 0 Å². The minimum absolute atomic E-state index is 0. The Labute approximate surface area is 127 Å².